The van der Waals surface area contributed by atoms with Gasteiger partial charge in [0.05, 0.1) is 5.56 Å². The Morgan fingerprint density at radius 2 is 1.81 bits per heavy atom. The zero-order valence-corrected chi connectivity index (χ0v) is 21.0. The fourth-order valence-electron chi connectivity index (χ4n) is 2.82. The van der Waals surface area contributed by atoms with Crippen molar-refractivity contribution < 1.29 is 13.9 Å². The summed E-state index contributed by atoms with van der Waals surface area (Å²) in [5.41, 5.74) is 5.91. The van der Waals surface area contributed by atoms with E-state index < -0.39 is 17.1 Å². The van der Waals surface area contributed by atoms with E-state index in [9.17, 15) is 18.8 Å². The van der Waals surface area contributed by atoms with Crippen molar-refractivity contribution in [2.45, 2.75) is 33.9 Å². The Morgan fingerprint density at radius 3 is 2.36 bits per heavy atom. The maximum absolute atomic E-state index is 13.7. The second-order valence-electron chi connectivity index (χ2n) is 6.95. The summed E-state index contributed by atoms with van der Waals surface area (Å²) in [4.78, 5) is 38.0. The van der Waals surface area contributed by atoms with Gasteiger partial charge in [-0.05, 0) is 25.1 Å². The van der Waals surface area contributed by atoms with Gasteiger partial charge in [0.15, 0.2) is 17.9 Å². The zero-order chi connectivity index (χ0) is 27.3. The van der Waals surface area contributed by atoms with Crippen molar-refractivity contribution in [2.75, 3.05) is 18.1 Å². The molecule has 2 heterocycles. The third-order valence-corrected chi connectivity index (χ3v) is 4.66. The molecule has 0 atom stereocenters. The number of nitrogens with two attached hydrogens (primary N) is 1. The van der Waals surface area contributed by atoms with Crippen LogP contribution in [0.2, 0.25) is 0 Å². The predicted molar refractivity (Wildman–Crippen MR) is 141 cm³/mol. The molecular formula is C26H32FN5O4. The van der Waals surface area contributed by atoms with Gasteiger partial charge in [-0.2, -0.15) is 0 Å². The smallest absolute Gasteiger partial charge is 0.331 e. The molecule has 2 aromatic heterocycles. The standard InChI is InChI=1S/C13H14FN3O.C11H12N2O3.C2H6/c1-8-11(5-6-17-13(8)15)18-12-4-3-9(16-2)7-10(12)14;1-3-5-12-7-9(8-14)10(15)13(6-4-2)11(12)16;1-2/h3-7,16H,1-2H3,(H2,15,17);3-4,7-8H,1-2,5-6H2;1-2H3. The molecule has 0 spiro atoms. The molecule has 9 nitrogen and oxygen atoms in total. The topological polar surface area (TPSA) is 121 Å². The van der Waals surface area contributed by atoms with Gasteiger partial charge < -0.3 is 15.8 Å². The quantitative estimate of drug-likeness (QED) is 0.354. The highest BCUT2D eigenvalue weighted by Gasteiger charge is 2.10. The van der Waals surface area contributed by atoms with Crippen LogP contribution in [0.1, 0.15) is 29.8 Å². The Bertz CT molecular complexity index is 1310. The maximum atomic E-state index is 13.7. The number of nitrogen functional groups attached to an aromatic ring is 1. The number of carbonyl (C=O) groups excluding carboxylic acids is 1. The largest absolute Gasteiger partial charge is 0.454 e. The van der Waals surface area contributed by atoms with E-state index in [1.165, 1.54) is 35.2 Å². The van der Waals surface area contributed by atoms with Gasteiger partial charge in [-0.25, -0.2) is 14.2 Å². The summed E-state index contributed by atoms with van der Waals surface area (Å²) in [6.07, 6.45) is 6.13. The van der Waals surface area contributed by atoms with E-state index in [2.05, 4.69) is 23.5 Å². The lowest BCUT2D eigenvalue weighted by Gasteiger charge is -2.11. The highest BCUT2D eigenvalue weighted by molar-refractivity contribution is 5.73. The summed E-state index contributed by atoms with van der Waals surface area (Å²) in [7, 11) is 1.73. The first-order valence-corrected chi connectivity index (χ1v) is 11.1. The van der Waals surface area contributed by atoms with Crippen molar-refractivity contribution in [1.29, 1.82) is 0 Å². The average Bonchev–Trinajstić information content (AvgIpc) is 2.89. The molecule has 3 aromatic rings. The fourth-order valence-corrected chi connectivity index (χ4v) is 2.82. The first-order valence-electron chi connectivity index (χ1n) is 11.1. The first kappa shape index (κ1) is 29.6. The Balaban J connectivity index is 0.000000339. The summed E-state index contributed by atoms with van der Waals surface area (Å²) < 4.78 is 21.5. The first-order chi connectivity index (χ1) is 17.3. The van der Waals surface area contributed by atoms with Crippen molar-refractivity contribution in [3.63, 3.8) is 0 Å². The monoisotopic (exact) mass is 497 g/mol. The molecule has 192 valence electrons. The van der Waals surface area contributed by atoms with Gasteiger partial charge in [-0.15, -0.1) is 13.2 Å². The van der Waals surface area contributed by atoms with Gasteiger partial charge in [0.1, 0.15) is 11.6 Å². The van der Waals surface area contributed by atoms with E-state index in [1.54, 1.807) is 32.2 Å². The van der Waals surface area contributed by atoms with Crippen molar-refractivity contribution in [1.82, 2.24) is 14.1 Å². The van der Waals surface area contributed by atoms with Crippen LogP contribution in [-0.2, 0) is 13.1 Å². The number of nitrogens with one attached hydrogen (secondary N) is 1. The second kappa shape index (κ2) is 14.7. The number of hydrogen-bond donors (Lipinski definition) is 2. The van der Waals surface area contributed by atoms with Crippen LogP contribution in [0, 0.1) is 12.7 Å². The third kappa shape index (κ3) is 7.52. The summed E-state index contributed by atoms with van der Waals surface area (Å²) in [6.45, 7) is 13.1. The van der Waals surface area contributed by atoms with E-state index in [4.69, 9.17) is 10.5 Å². The van der Waals surface area contributed by atoms with Crippen molar-refractivity contribution in [3.8, 4) is 11.5 Å². The molecular weight excluding hydrogens is 465 g/mol. The molecule has 3 rings (SSSR count). The Hall–Kier alpha value is -4.47. The molecule has 1 aromatic carbocycles. The van der Waals surface area contributed by atoms with Crippen molar-refractivity contribution in [2.24, 2.45) is 0 Å². The van der Waals surface area contributed by atoms with Gasteiger partial charge in [-0.3, -0.25) is 18.7 Å². The number of rotatable bonds is 8. The SMILES string of the molecule is C=CCn1cc(C=O)c(=O)n(CC=C)c1=O.CC.CNc1ccc(Oc2ccnc(N)c2C)c(F)c1. The predicted octanol–water partition coefficient (Wildman–Crippen LogP) is 4.17. The van der Waals surface area contributed by atoms with Crippen LogP contribution in [-0.4, -0.2) is 27.5 Å². The maximum Gasteiger partial charge on any atom is 0.331 e. The molecule has 3 N–H and O–H groups in total. The fraction of sp³-hybridized carbons (Fsp3) is 0.231. The van der Waals surface area contributed by atoms with Crippen LogP contribution in [0.3, 0.4) is 0 Å². The minimum absolute atomic E-state index is 0.0525. The van der Waals surface area contributed by atoms with Crippen LogP contribution in [0.4, 0.5) is 15.9 Å². The number of hydrogen-bond acceptors (Lipinski definition) is 7. The Labute approximate surface area is 209 Å². The molecule has 0 aliphatic rings. The molecule has 0 saturated carbocycles. The third-order valence-electron chi connectivity index (χ3n) is 4.66. The summed E-state index contributed by atoms with van der Waals surface area (Å²) >= 11 is 0. The molecule has 0 amide bonds. The number of nitrogens with zero attached hydrogens (tertiary/aromatic N) is 3. The highest BCUT2D eigenvalue weighted by Crippen LogP contribution is 2.29. The van der Waals surface area contributed by atoms with Gasteiger partial charge in [-0.1, -0.05) is 26.0 Å². The van der Waals surface area contributed by atoms with Crippen LogP contribution in [0.5, 0.6) is 11.5 Å². The van der Waals surface area contributed by atoms with Crippen molar-refractivity contribution in [3.05, 3.63) is 99.8 Å². The minimum Gasteiger partial charge on any atom is -0.454 e. The molecule has 0 bridgehead atoms. The van der Waals surface area contributed by atoms with Crippen LogP contribution < -0.4 is 27.0 Å². The summed E-state index contributed by atoms with van der Waals surface area (Å²) in [5.74, 6) is 0.595. The van der Waals surface area contributed by atoms with Gasteiger partial charge in [0, 0.05) is 49.8 Å². The number of aldehydes is 1. The minimum atomic E-state index is -0.597. The molecule has 10 heteroatoms. The Kier molecular flexibility index (Phi) is 12.1. The lowest BCUT2D eigenvalue weighted by Crippen LogP contribution is -2.40. The average molecular weight is 498 g/mol. The van der Waals surface area contributed by atoms with E-state index >= 15 is 0 Å². The van der Waals surface area contributed by atoms with Gasteiger partial charge in [0.2, 0.25) is 0 Å². The van der Waals surface area contributed by atoms with Crippen LogP contribution in [0.25, 0.3) is 0 Å². The highest BCUT2D eigenvalue weighted by atomic mass is 19.1. The Morgan fingerprint density at radius 1 is 1.14 bits per heavy atom. The molecule has 0 saturated heterocycles. The summed E-state index contributed by atoms with van der Waals surface area (Å²) in [5, 5.41) is 2.85. The number of pyridine rings is 1. The van der Waals surface area contributed by atoms with E-state index in [1.807, 2.05) is 13.8 Å². The number of ether oxygens (including phenoxy) is 1. The zero-order valence-electron chi connectivity index (χ0n) is 21.0. The van der Waals surface area contributed by atoms with Crippen molar-refractivity contribution >= 4 is 17.8 Å². The normalized spacial score (nSPS) is 9.58. The van der Waals surface area contributed by atoms with E-state index in [0.29, 0.717) is 29.1 Å². The molecule has 0 aliphatic heterocycles. The summed E-state index contributed by atoms with van der Waals surface area (Å²) in [6, 6.07) is 6.32. The number of benzene rings is 1. The number of anilines is 2. The lowest BCUT2D eigenvalue weighted by molar-refractivity contribution is 0.112. The number of halogens is 1. The number of aromatic nitrogens is 3. The molecule has 0 radical (unpaired) electrons. The van der Waals surface area contributed by atoms with Crippen LogP contribution in [0.15, 0.2) is 71.6 Å². The number of carbonyl (C=O) groups is 1. The van der Waals surface area contributed by atoms with Gasteiger partial charge in [0.25, 0.3) is 5.56 Å². The molecule has 0 aliphatic carbocycles. The lowest BCUT2D eigenvalue weighted by atomic mass is 10.2. The molecule has 0 fully saturated rings. The molecule has 0 unspecified atom stereocenters. The van der Waals surface area contributed by atoms with E-state index in [0.717, 1.165) is 4.57 Å². The van der Waals surface area contributed by atoms with Gasteiger partial charge >= 0.3 is 5.69 Å². The second-order valence-corrected chi connectivity index (χ2v) is 6.95. The van der Waals surface area contributed by atoms with Crippen LogP contribution >= 0.6 is 0 Å². The van der Waals surface area contributed by atoms with E-state index in [-0.39, 0.29) is 24.4 Å². The molecule has 36 heavy (non-hydrogen) atoms. The number of allylic oxidation sites excluding steroid dienone is 2.